The summed E-state index contributed by atoms with van der Waals surface area (Å²) in [5.41, 5.74) is 3.48. The first-order chi connectivity index (χ1) is 13.7. The fraction of sp³-hybridized carbons (Fsp3) is 0.227. The fourth-order valence-electron chi connectivity index (χ4n) is 2.93. The minimum Gasteiger partial charge on any atom is -0.496 e. The number of nitrogens with zero attached hydrogens (tertiary/aromatic N) is 2. The number of anilines is 2. The highest BCUT2D eigenvalue weighted by molar-refractivity contribution is 5.92. The zero-order valence-corrected chi connectivity index (χ0v) is 16.1. The molecule has 0 unspecified atom stereocenters. The van der Waals surface area contributed by atoms with Crippen LogP contribution in [0.5, 0.6) is 5.75 Å². The topological polar surface area (TPSA) is 76.1 Å². The molecular weight excluding hydrogens is 352 g/mol. The Balaban J connectivity index is 1.62. The third kappa shape index (κ3) is 4.85. The summed E-state index contributed by atoms with van der Waals surface area (Å²) in [4.78, 5) is 21.0. The van der Waals surface area contributed by atoms with Crippen molar-refractivity contribution in [1.82, 2.24) is 15.3 Å². The van der Waals surface area contributed by atoms with Crippen molar-refractivity contribution in [3.8, 4) is 5.75 Å². The molecule has 6 heteroatoms. The van der Waals surface area contributed by atoms with Gasteiger partial charge in [0.15, 0.2) is 0 Å². The van der Waals surface area contributed by atoms with E-state index >= 15 is 0 Å². The maximum absolute atomic E-state index is 12.5. The average molecular weight is 376 g/mol. The number of ether oxygens (including phenoxy) is 1. The molecule has 3 aromatic rings. The van der Waals surface area contributed by atoms with Crippen molar-refractivity contribution < 1.29 is 9.53 Å². The van der Waals surface area contributed by atoms with Crippen LogP contribution in [0.15, 0.2) is 60.8 Å². The number of nitrogens with one attached hydrogen (secondary N) is 2. The number of carbonyl (C=O) groups excluding carboxylic acids is 1. The van der Waals surface area contributed by atoms with Crippen molar-refractivity contribution in [3.63, 3.8) is 0 Å². The summed E-state index contributed by atoms with van der Waals surface area (Å²) in [6, 6.07) is 17.4. The molecule has 0 saturated heterocycles. The van der Waals surface area contributed by atoms with E-state index in [0.717, 1.165) is 29.0 Å². The average Bonchev–Trinajstić information content (AvgIpc) is 2.74. The van der Waals surface area contributed by atoms with Crippen LogP contribution in [0.1, 0.15) is 28.5 Å². The Bertz CT molecular complexity index is 943. The Morgan fingerprint density at radius 1 is 1.04 bits per heavy atom. The normalized spacial score (nSPS) is 10.4. The monoisotopic (exact) mass is 376 g/mol. The molecule has 1 amide bonds. The SMILES string of the molecule is CCc1ccccc1Nc1nccc(C(=O)NCCc2ccccc2OC)n1. The van der Waals surface area contributed by atoms with Gasteiger partial charge in [-0.25, -0.2) is 9.97 Å². The number of hydrogen-bond donors (Lipinski definition) is 2. The van der Waals surface area contributed by atoms with Crippen molar-refractivity contribution in [2.24, 2.45) is 0 Å². The van der Waals surface area contributed by atoms with Crippen molar-refractivity contribution in [1.29, 1.82) is 0 Å². The molecule has 1 aromatic heterocycles. The summed E-state index contributed by atoms with van der Waals surface area (Å²) in [6.45, 7) is 2.58. The van der Waals surface area contributed by atoms with E-state index in [0.29, 0.717) is 24.6 Å². The van der Waals surface area contributed by atoms with Gasteiger partial charge in [-0.1, -0.05) is 43.3 Å². The first-order valence-corrected chi connectivity index (χ1v) is 9.29. The van der Waals surface area contributed by atoms with Crippen LogP contribution in [0.25, 0.3) is 0 Å². The van der Waals surface area contributed by atoms with E-state index < -0.39 is 0 Å². The molecular formula is C22H24N4O2. The molecule has 1 heterocycles. The summed E-state index contributed by atoms with van der Waals surface area (Å²) >= 11 is 0. The molecule has 2 aromatic carbocycles. The van der Waals surface area contributed by atoms with Crippen molar-refractivity contribution in [2.45, 2.75) is 19.8 Å². The van der Waals surface area contributed by atoms with Crippen LogP contribution in [-0.4, -0.2) is 29.5 Å². The zero-order valence-electron chi connectivity index (χ0n) is 16.1. The Morgan fingerprint density at radius 2 is 1.79 bits per heavy atom. The molecule has 28 heavy (non-hydrogen) atoms. The van der Waals surface area contributed by atoms with Gasteiger partial charge >= 0.3 is 0 Å². The highest BCUT2D eigenvalue weighted by atomic mass is 16.5. The van der Waals surface area contributed by atoms with E-state index in [1.807, 2.05) is 42.5 Å². The maximum atomic E-state index is 12.5. The molecule has 144 valence electrons. The summed E-state index contributed by atoms with van der Waals surface area (Å²) in [6.07, 6.45) is 3.15. The van der Waals surface area contributed by atoms with Crippen LogP contribution >= 0.6 is 0 Å². The van der Waals surface area contributed by atoms with Gasteiger partial charge in [-0.2, -0.15) is 0 Å². The zero-order chi connectivity index (χ0) is 19.8. The van der Waals surface area contributed by atoms with Crippen molar-refractivity contribution in [3.05, 3.63) is 77.6 Å². The van der Waals surface area contributed by atoms with E-state index in [1.54, 1.807) is 19.4 Å². The second kappa shape index (κ2) is 9.50. The molecule has 2 N–H and O–H groups in total. The van der Waals surface area contributed by atoms with E-state index in [1.165, 1.54) is 0 Å². The number of carbonyl (C=O) groups is 1. The predicted octanol–water partition coefficient (Wildman–Crippen LogP) is 3.76. The number of hydrogen-bond acceptors (Lipinski definition) is 5. The number of benzene rings is 2. The van der Waals surface area contributed by atoms with Gasteiger partial charge < -0.3 is 15.4 Å². The molecule has 0 aliphatic carbocycles. The predicted molar refractivity (Wildman–Crippen MR) is 110 cm³/mol. The quantitative estimate of drug-likeness (QED) is 0.626. The first kappa shape index (κ1) is 19.4. The lowest BCUT2D eigenvalue weighted by atomic mass is 10.1. The summed E-state index contributed by atoms with van der Waals surface area (Å²) in [5, 5.41) is 6.10. The van der Waals surface area contributed by atoms with Crippen molar-refractivity contribution >= 4 is 17.5 Å². The van der Waals surface area contributed by atoms with Gasteiger partial charge in [0.2, 0.25) is 5.95 Å². The maximum Gasteiger partial charge on any atom is 0.270 e. The van der Waals surface area contributed by atoms with Crippen LogP contribution in [0.2, 0.25) is 0 Å². The minimum absolute atomic E-state index is 0.232. The van der Waals surface area contributed by atoms with E-state index in [9.17, 15) is 4.79 Å². The Hall–Kier alpha value is -3.41. The molecule has 0 atom stereocenters. The molecule has 0 aliphatic rings. The van der Waals surface area contributed by atoms with E-state index in [-0.39, 0.29) is 5.91 Å². The van der Waals surface area contributed by atoms with Gasteiger partial charge in [-0.05, 0) is 42.2 Å². The largest absolute Gasteiger partial charge is 0.496 e. The molecule has 0 fully saturated rings. The van der Waals surface area contributed by atoms with Crippen molar-refractivity contribution in [2.75, 3.05) is 19.0 Å². The number of aromatic nitrogens is 2. The van der Waals surface area contributed by atoms with Crippen LogP contribution in [0, 0.1) is 0 Å². The standard InChI is InChI=1S/C22H24N4O2/c1-3-16-8-4-6-10-18(16)25-22-24-15-13-19(26-22)21(27)23-14-12-17-9-5-7-11-20(17)28-2/h4-11,13,15H,3,12,14H2,1-2H3,(H,23,27)(H,24,25,26). The molecule has 0 aliphatic heterocycles. The van der Waals surface area contributed by atoms with Crippen LogP contribution < -0.4 is 15.4 Å². The van der Waals surface area contributed by atoms with Gasteiger partial charge in [0.05, 0.1) is 7.11 Å². The highest BCUT2D eigenvalue weighted by Crippen LogP contribution is 2.19. The number of para-hydroxylation sites is 2. The lowest BCUT2D eigenvalue weighted by Gasteiger charge is -2.11. The number of rotatable bonds is 8. The Morgan fingerprint density at radius 3 is 2.57 bits per heavy atom. The van der Waals surface area contributed by atoms with Crippen LogP contribution in [-0.2, 0) is 12.8 Å². The summed E-state index contributed by atoms with van der Waals surface area (Å²) < 4.78 is 5.34. The molecule has 0 spiro atoms. The second-order valence-corrected chi connectivity index (χ2v) is 6.22. The summed E-state index contributed by atoms with van der Waals surface area (Å²) in [5.74, 6) is 0.988. The summed E-state index contributed by atoms with van der Waals surface area (Å²) in [7, 11) is 1.64. The van der Waals surface area contributed by atoms with Gasteiger partial charge in [-0.15, -0.1) is 0 Å². The third-order valence-electron chi connectivity index (χ3n) is 4.41. The number of aryl methyl sites for hydroxylation is 1. The van der Waals surface area contributed by atoms with Gasteiger partial charge in [0.1, 0.15) is 11.4 Å². The second-order valence-electron chi connectivity index (χ2n) is 6.22. The van der Waals surface area contributed by atoms with Gasteiger partial charge in [0.25, 0.3) is 5.91 Å². The smallest absolute Gasteiger partial charge is 0.270 e. The Labute approximate surface area is 165 Å². The number of amides is 1. The molecule has 3 rings (SSSR count). The fourth-order valence-corrected chi connectivity index (χ4v) is 2.93. The van der Waals surface area contributed by atoms with E-state index in [2.05, 4.69) is 33.6 Å². The van der Waals surface area contributed by atoms with Crippen LogP contribution in [0.4, 0.5) is 11.6 Å². The Kier molecular flexibility index (Phi) is 6.57. The minimum atomic E-state index is -0.232. The molecule has 0 saturated carbocycles. The van der Waals surface area contributed by atoms with E-state index in [4.69, 9.17) is 4.74 Å². The van der Waals surface area contributed by atoms with Gasteiger partial charge in [0, 0.05) is 18.4 Å². The molecule has 0 bridgehead atoms. The van der Waals surface area contributed by atoms with Crippen LogP contribution in [0.3, 0.4) is 0 Å². The third-order valence-corrected chi connectivity index (χ3v) is 4.41. The lowest BCUT2D eigenvalue weighted by molar-refractivity contribution is 0.0949. The number of methoxy groups -OCH3 is 1. The molecule has 0 radical (unpaired) electrons. The molecule has 6 nitrogen and oxygen atoms in total. The lowest BCUT2D eigenvalue weighted by Crippen LogP contribution is -2.27. The highest BCUT2D eigenvalue weighted by Gasteiger charge is 2.10. The first-order valence-electron chi connectivity index (χ1n) is 9.29. The van der Waals surface area contributed by atoms with Gasteiger partial charge in [-0.3, -0.25) is 4.79 Å².